The summed E-state index contributed by atoms with van der Waals surface area (Å²) in [6, 6.07) is 21.9. The fourth-order valence-corrected chi connectivity index (χ4v) is 3.49. The first kappa shape index (κ1) is 21.9. The van der Waals surface area contributed by atoms with Crippen LogP contribution in [0.2, 0.25) is 0 Å². The maximum Gasteiger partial charge on any atom is 0.258 e. The van der Waals surface area contributed by atoms with Crippen molar-refractivity contribution in [1.29, 1.82) is 0 Å². The summed E-state index contributed by atoms with van der Waals surface area (Å²) in [4.78, 5) is 26.8. The quantitative estimate of drug-likeness (QED) is 0.369. The van der Waals surface area contributed by atoms with Crippen molar-refractivity contribution in [3.8, 4) is 0 Å². The SMILES string of the molecule is Cc1ccc(C(=O)NC(=S)Nc2cccc(C(=O)N(C)c3ccccc3)c2)cc1I. The molecule has 0 saturated carbocycles. The van der Waals surface area contributed by atoms with Crippen LogP contribution in [0.5, 0.6) is 0 Å². The van der Waals surface area contributed by atoms with Crippen LogP contribution < -0.4 is 15.5 Å². The summed E-state index contributed by atoms with van der Waals surface area (Å²) in [5.41, 5.74) is 3.56. The molecule has 30 heavy (non-hydrogen) atoms. The third-order valence-corrected chi connectivity index (χ3v) is 5.84. The summed E-state index contributed by atoms with van der Waals surface area (Å²) >= 11 is 7.46. The van der Waals surface area contributed by atoms with Gasteiger partial charge in [0.25, 0.3) is 11.8 Å². The summed E-state index contributed by atoms with van der Waals surface area (Å²) in [6.45, 7) is 1.99. The molecule has 3 rings (SSSR count). The minimum atomic E-state index is -0.290. The first-order valence-corrected chi connectivity index (χ1v) is 10.7. The Morgan fingerprint density at radius 2 is 1.67 bits per heavy atom. The molecule has 7 heteroatoms. The van der Waals surface area contributed by atoms with Crippen LogP contribution in [0.4, 0.5) is 11.4 Å². The van der Waals surface area contributed by atoms with Crippen LogP contribution >= 0.6 is 34.8 Å². The highest BCUT2D eigenvalue weighted by Crippen LogP contribution is 2.18. The Hall–Kier alpha value is -2.78. The minimum absolute atomic E-state index is 0.144. The molecule has 2 amide bonds. The molecule has 0 aromatic heterocycles. The molecule has 0 unspecified atom stereocenters. The molecule has 0 spiro atoms. The van der Waals surface area contributed by atoms with Gasteiger partial charge in [0.05, 0.1) is 0 Å². The van der Waals surface area contributed by atoms with E-state index in [1.165, 1.54) is 0 Å². The summed E-state index contributed by atoms with van der Waals surface area (Å²) in [5.74, 6) is -0.435. The molecule has 2 N–H and O–H groups in total. The largest absolute Gasteiger partial charge is 0.332 e. The zero-order valence-electron chi connectivity index (χ0n) is 16.5. The number of para-hydroxylation sites is 1. The summed E-state index contributed by atoms with van der Waals surface area (Å²) in [7, 11) is 1.73. The summed E-state index contributed by atoms with van der Waals surface area (Å²) in [5, 5.41) is 5.80. The van der Waals surface area contributed by atoms with Crippen LogP contribution in [0.15, 0.2) is 72.8 Å². The van der Waals surface area contributed by atoms with Crippen molar-refractivity contribution >= 4 is 63.1 Å². The van der Waals surface area contributed by atoms with Crippen LogP contribution in [-0.4, -0.2) is 24.0 Å². The number of hydrogen-bond acceptors (Lipinski definition) is 3. The van der Waals surface area contributed by atoms with Gasteiger partial charge in [-0.05, 0) is 89.8 Å². The normalized spacial score (nSPS) is 10.2. The van der Waals surface area contributed by atoms with Crippen molar-refractivity contribution in [1.82, 2.24) is 5.32 Å². The van der Waals surface area contributed by atoms with Crippen LogP contribution in [0.1, 0.15) is 26.3 Å². The lowest BCUT2D eigenvalue weighted by atomic mass is 10.1. The van der Waals surface area contributed by atoms with Crippen molar-refractivity contribution in [2.75, 3.05) is 17.3 Å². The van der Waals surface area contributed by atoms with Gasteiger partial charge in [0, 0.05) is 33.1 Å². The number of halogens is 1. The molecule has 0 aliphatic heterocycles. The maximum atomic E-state index is 12.8. The van der Waals surface area contributed by atoms with Gasteiger partial charge in [0.1, 0.15) is 0 Å². The highest BCUT2D eigenvalue weighted by molar-refractivity contribution is 14.1. The van der Waals surface area contributed by atoms with Gasteiger partial charge in [-0.2, -0.15) is 0 Å². The molecule has 0 fully saturated rings. The van der Waals surface area contributed by atoms with E-state index in [9.17, 15) is 9.59 Å². The molecule has 0 atom stereocenters. The molecule has 0 saturated heterocycles. The Morgan fingerprint density at radius 1 is 0.933 bits per heavy atom. The standard InChI is InChI=1S/C23H20IN3O2S/c1-15-11-12-16(14-20(15)24)21(28)26-23(30)25-18-8-6-7-17(13-18)22(29)27(2)19-9-4-3-5-10-19/h3-14H,1-2H3,(H2,25,26,28,30). The maximum absolute atomic E-state index is 12.8. The number of rotatable bonds is 4. The van der Waals surface area contributed by atoms with Gasteiger partial charge in [-0.25, -0.2) is 0 Å². The number of aryl methyl sites for hydroxylation is 1. The highest BCUT2D eigenvalue weighted by atomic mass is 127. The molecule has 0 radical (unpaired) electrons. The van der Waals surface area contributed by atoms with Gasteiger partial charge < -0.3 is 10.2 Å². The smallest absolute Gasteiger partial charge is 0.258 e. The third-order valence-electron chi connectivity index (χ3n) is 4.48. The molecule has 5 nitrogen and oxygen atoms in total. The monoisotopic (exact) mass is 529 g/mol. The lowest BCUT2D eigenvalue weighted by Gasteiger charge is -2.18. The van der Waals surface area contributed by atoms with Crippen molar-refractivity contribution in [2.45, 2.75) is 6.92 Å². The van der Waals surface area contributed by atoms with Gasteiger partial charge in [0.15, 0.2) is 5.11 Å². The molecule has 0 aliphatic rings. The number of amides is 2. The molecular weight excluding hydrogens is 509 g/mol. The first-order valence-electron chi connectivity index (χ1n) is 9.17. The zero-order chi connectivity index (χ0) is 21.7. The fraction of sp³-hybridized carbons (Fsp3) is 0.0870. The second kappa shape index (κ2) is 9.82. The Labute approximate surface area is 194 Å². The summed E-state index contributed by atoms with van der Waals surface area (Å²) in [6.07, 6.45) is 0. The van der Waals surface area contributed by atoms with E-state index in [0.717, 1.165) is 14.8 Å². The lowest BCUT2D eigenvalue weighted by molar-refractivity contribution is 0.0974. The lowest BCUT2D eigenvalue weighted by Crippen LogP contribution is -2.34. The molecule has 0 aliphatic carbocycles. The van der Waals surface area contributed by atoms with Crippen LogP contribution in [0.25, 0.3) is 0 Å². The Morgan fingerprint density at radius 3 is 2.37 bits per heavy atom. The van der Waals surface area contributed by atoms with E-state index in [1.54, 1.807) is 42.3 Å². The predicted molar refractivity (Wildman–Crippen MR) is 133 cm³/mol. The second-order valence-electron chi connectivity index (χ2n) is 6.65. The number of nitrogens with zero attached hydrogens (tertiary/aromatic N) is 1. The van der Waals surface area contributed by atoms with E-state index < -0.39 is 0 Å². The minimum Gasteiger partial charge on any atom is -0.332 e. The van der Waals surface area contributed by atoms with Crippen molar-refractivity contribution in [2.24, 2.45) is 0 Å². The number of carbonyl (C=O) groups is 2. The molecule has 3 aromatic carbocycles. The summed E-state index contributed by atoms with van der Waals surface area (Å²) < 4.78 is 1.01. The van der Waals surface area contributed by atoms with E-state index in [1.807, 2.05) is 49.4 Å². The predicted octanol–water partition coefficient (Wildman–Crippen LogP) is 5.00. The molecule has 0 bridgehead atoms. The Bertz CT molecular complexity index is 1100. The van der Waals surface area contributed by atoms with E-state index in [0.29, 0.717) is 16.8 Å². The molecular formula is C23H20IN3O2S. The molecule has 3 aromatic rings. The fourth-order valence-electron chi connectivity index (χ4n) is 2.76. The van der Waals surface area contributed by atoms with Crippen molar-refractivity contribution < 1.29 is 9.59 Å². The average Bonchev–Trinajstić information content (AvgIpc) is 2.75. The molecule has 152 valence electrons. The Kier molecular flexibility index (Phi) is 7.17. The third kappa shape index (κ3) is 5.43. The molecule has 0 heterocycles. The van der Waals surface area contributed by atoms with Gasteiger partial charge in [0.2, 0.25) is 0 Å². The number of carbonyl (C=O) groups excluding carboxylic acids is 2. The number of thiocarbonyl (C=S) groups is 1. The van der Waals surface area contributed by atoms with Gasteiger partial charge in [-0.15, -0.1) is 0 Å². The van der Waals surface area contributed by atoms with Crippen LogP contribution in [0, 0.1) is 10.5 Å². The van der Waals surface area contributed by atoms with E-state index in [4.69, 9.17) is 12.2 Å². The number of hydrogen-bond donors (Lipinski definition) is 2. The highest BCUT2D eigenvalue weighted by Gasteiger charge is 2.14. The average molecular weight is 529 g/mol. The zero-order valence-corrected chi connectivity index (χ0v) is 19.5. The topological polar surface area (TPSA) is 61.4 Å². The first-order chi connectivity index (χ1) is 14.3. The number of nitrogens with one attached hydrogen (secondary N) is 2. The van der Waals surface area contributed by atoms with E-state index >= 15 is 0 Å². The second-order valence-corrected chi connectivity index (χ2v) is 8.22. The van der Waals surface area contributed by atoms with Gasteiger partial charge in [-0.1, -0.05) is 30.3 Å². The van der Waals surface area contributed by atoms with Gasteiger partial charge in [-0.3, -0.25) is 14.9 Å². The van der Waals surface area contributed by atoms with Crippen LogP contribution in [-0.2, 0) is 0 Å². The van der Waals surface area contributed by atoms with E-state index in [-0.39, 0.29) is 16.9 Å². The van der Waals surface area contributed by atoms with Crippen molar-refractivity contribution in [3.63, 3.8) is 0 Å². The van der Waals surface area contributed by atoms with Gasteiger partial charge >= 0.3 is 0 Å². The number of benzene rings is 3. The van der Waals surface area contributed by atoms with Crippen molar-refractivity contribution in [3.05, 3.63) is 93.1 Å². The Balaban J connectivity index is 1.67. The van der Waals surface area contributed by atoms with E-state index in [2.05, 4.69) is 33.2 Å². The van der Waals surface area contributed by atoms with Crippen LogP contribution in [0.3, 0.4) is 0 Å². The number of anilines is 2.